The summed E-state index contributed by atoms with van der Waals surface area (Å²) in [5.41, 5.74) is 0.849. The summed E-state index contributed by atoms with van der Waals surface area (Å²) in [4.78, 5) is 0.0837. The predicted molar refractivity (Wildman–Crippen MR) is 80.6 cm³/mol. The van der Waals surface area contributed by atoms with Crippen molar-refractivity contribution in [3.63, 3.8) is 0 Å². The van der Waals surface area contributed by atoms with Crippen LogP contribution in [0, 0.1) is 5.82 Å². The summed E-state index contributed by atoms with van der Waals surface area (Å²) in [5.74, 6) is 0.248. The highest BCUT2D eigenvalue weighted by Crippen LogP contribution is 2.37. The summed E-state index contributed by atoms with van der Waals surface area (Å²) in [6.07, 6.45) is 0.577. The quantitative estimate of drug-likeness (QED) is 0.873. The van der Waals surface area contributed by atoms with Gasteiger partial charge in [0.25, 0.3) is 0 Å². The molecule has 0 amide bonds. The van der Waals surface area contributed by atoms with Crippen molar-refractivity contribution in [2.75, 3.05) is 13.7 Å². The fourth-order valence-corrected chi connectivity index (χ4v) is 4.01. The molecule has 1 unspecified atom stereocenters. The van der Waals surface area contributed by atoms with Crippen molar-refractivity contribution >= 4 is 10.0 Å². The Kier molecular flexibility index (Phi) is 3.88. The first-order chi connectivity index (χ1) is 10.5. The van der Waals surface area contributed by atoms with Gasteiger partial charge in [0.1, 0.15) is 11.6 Å². The standard InChI is InChI=1S/C16H16FNO3S/c1-18(22(19,20)13-8-6-12(17)7-9-13)15-10-11-21-16-5-3-2-4-14(15)16/h2-9,15H,10-11H2,1H3. The van der Waals surface area contributed by atoms with Crippen LogP contribution in [-0.4, -0.2) is 26.4 Å². The van der Waals surface area contributed by atoms with E-state index in [2.05, 4.69) is 0 Å². The van der Waals surface area contributed by atoms with Crippen molar-refractivity contribution in [3.05, 3.63) is 59.9 Å². The van der Waals surface area contributed by atoms with Crippen LogP contribution in [0.25, 0.3) is 0 Å². The molecule has 0 saturated carbocycles. The van der Waals surface area contributed by atoms with E-state index in [1.165, 1.54) is 16.4 Å². The second-order valence-corrected chi connectivity index (χ2v) is 7.16. The Labute approximate surface area is 129 Å². The van der Waals surface area contributed by atoms with Crippen LogP contribution >= 0.6 is 0 Å². The molecule has 0 saturated heterocycles. The first-order valence-corrected chi connectivity index (χ1v) is 8.39. The third-order valence-corrected chi connectivity index (χ3v) is 5.74. The average molecular weight is 321 g/mol. The number of nitrogens with zero attached hydrogens (tertiary/aromatic N) is 1. The number of rotatable bonds is 3. The van der Waals surface area contributed by atoms with Crippen LogP contribution in [0.2, 0.25) is 0 Å². The van der Waals surface area contributed by atoms with Crippen molar-refractivity contribution in [3.8, 4) is 5.75 Å². The molecule has 1 aliphatic heterocycles. The lowest BCUT2D eigenvalue weighted by atomic mass is 10.0. The van der Waals surface area contributed by atoms with Crippen molar-refractivity contribution < 1.29 is 17.5 Å². The van der Waals surface area contributed by atoms with Crippen molar-refractivity contribution in [2.45, 2.75) is 17.4 Å². The molecule has 2 aromatic carbocycles. The van der Waals surface area contributed by atoms with Crippen LogP contribution in [0.4, 0.5) is 4.39 Å². The van der Waals surface area contributed by atoms with E-state index < -0.39 is 15.8 Å². The molecule has 116 valence electrons. The number of fused-ring (bicyclic) bond motifs is 1. The fourth-order valence-electron chi connectivity index (χ4n) is 2.64. The Morgan fingerprint density at radius 2 is 1.82 bits per heavy atom. The maximum absolute atomic E-state index is 13.0. The maximum atomic E-state index is 13.0. The molecule has 0 radical (unpaired) electrons. The zero-order chi connectivity index (χ0) is 15.7. The summed E-state index contributed by atoms with van der Waals surface area (Å²) in [6.45, 7) is 0.463. The summed E-state index contributed by atoms with van der Waals surface area (Å²) in [7, 11) is -2.14. The molecular formula is C16H16FNO3S. The molecule has 0 fully saturated rings. The third-order valence-electron chi connectivity index (χ3n) is 3.86. The fraction of sp³-hybridized carbons (Fsp3) is 0.250. The van der Waals surface area contributed by atoms with E-state index in [-0.39, 0.29) is 10.9 Å². The summed E-state index contributed by atoms with van der Waals surface area (Å²) in [5, 5.41) is 0. The van der Waals surface area contributed by atoms with Gasteiger partial charge in [0, 0.05) is 19.0 Å². The van der Waals surface area contributed by atoms with E-state index in [4.69, 9.17) is 4.74 Å². The van der Waals surface area contributed by atoms with Crippen LogP contribution < -0.4 is 4.74 Å². The third kappa shape index (κ3) is 2.60. The molecule has 0 aliphatic carbocycles. The SMILES string of the molecule is CN(C1CCOc2ccccc21)S(=O)(=O)c1ccc(F)cc1. The number of para-hydroxylation sites is 1. The molecule has 6 heteroatoms. The molecule has 0 N–H and O–H groups in total. The van der Waals surface area contributed by atoms with Gasteiger partial charge in [-0.1, -0.05) is 18.2 Å². The summed E-state index contributed by atoms with van der Waals surface area (Å²) >= 11 is 0. The van der Waals surface area contributed by atoms with Gasteiger partial charge in [-0.25, -0.2) is 12.8 Å². The lowest BCUT2D eigenvalue weighted by Crippen LogP contribution is -2.34. The highest BCUT2D eigenvalue weighted by atomic mass is 32.2. The molecule has 0 spiro atoms. The maximum Gasteiger partial charge on any atom is 0.243 e. The van der Waals surface area contributed by atoms with Gasteiger partial charge in [0.2, 0.25) is 10.0 Å². The van der Waals surface area contributed by atoms with Crippen LogP contribution in [0.3, 0.4) is 0 Å². The van der Waals surface area contributed by atoms with Gasteiger partial charge in [-0.05, 0) is 30.3 Å². The number of sulfonamides is 1. The molecule has 22 heavy (non-hydrogen) atoms. The van der Waals surface area contributed by atoms with Crippen LogP contribution in [-0.2, 0) is 10.0 Å². The first kappa shape index (κ1) is 15.0. The first-order valence-electron chi connectivity index (χ1n) is 6.95. The Morgan fingerprint density at radius 3 is 2.55 bits per heavy atom. The average Bonchev–Trinajstić information content (AvgIpc) is 2.54. The number of hydrogen-bond acceptors (Lipinski definition) is 3. The molecule has 0 bridgehead atoms. The van der Waals surface area contributed by atoms with Gasteiger partial charge in [-0.3, -0.25) is 0 Å². The lowest BCUT2D eigenvalue weighted by Gasteiger charge is -2.32. The molecule has 2 aromatic rings. The minimum Gasteiger partial charge on any atom is -0.493 e. The second-order valence-electron chi connectivity index (χ2n) is 5.17. The second kappa shape index (κ2) is 5.70. The topological polar surface area (TPSA) is 46.6 Å². The number of halogens is 1. The van der Waals surface area contributed by atoms with Crippen molar-refractivity contribution in [1.82, 2.24) is 4.31 Å². The smallest absolute Gasteiger partial charge is 0.243 e. The molecule has 1 atom stereocenters. The van der Waals surface area contributed by atoms with Gasteiger partial charge in [0.15, 0.2) is 0 Å². The predicted octanol–water partition coefficient (Wildman–Crippen LogP) is 2.97. The highest BCUT2D eigenvalue weighted by molar-refractivity contribution is 7.89. The number of ether oxygens (including phenoxy) is 1. The van der Waals surface area contributed by atoms with Crippen molar-refractivity contribution in [2.24, 2.45) is 0 Å². The van der Waals surface area contributed by atoms with Gasteiger partial charge >= 0.3 is 0 Å². The van der Waals surface area contributed by atoms with E-state index >= 15 is 0 Å². The van der Waals surface area contributed by atoms with E-state index in [0.29, 0.717) is 18.8 Å². The molecule has 1 heterocycles. The van der Waals surface area contributed by atoms with E-state index in [9.17, 15) is 12.8 Å². The molecule has 4 nitrogen and oxygen atoms in total. The molecule has 1 aliphatic rings. The largest absolute Gasteiger partial charge is 0.493 e. The Hall–Kier alpha value is -1.92. The zero-order valence-electron chi connectivity index (χ0n) is 12.1. The van der Waals surface area contributed by atoms with Crippen molar-refractivity contribution in [1.29, 1.82) is 0 Å². The summed E-state index contributed by atoms with van der Waals surface area (Å²) < 4.78 is 45.3. The number of benzene rings is 2. The molecular weight excluding hydrogens is 305 g/mol. The lowest BCUT2D eigenvalue weighted by molar-refractivity contribution is 0.221. The minimum absolute atomic E-state index is 0.0837. The summed E-state index contributed by atoms with van der Waals surface area (Å²) in [6, 6.07) is 12.0. The zero-order valence-corrected chi connectivity index (χ0v) is 12.9. The van der Waals surface area contributed by atoms with Crippen LogP contribution in [0.15, 0.2) is 53.4 Å². The number of hydrogen-bond donors (Lipinski definition) is 0. The Balaban J connectivity index is 1.97. The Bertz CT molecular complexity index is 774. The van der Waals surface area contributed by atoms with Gasteiger partial charge in [-0.2, -0.15) is 4.31 Å². The Morgan fingerprint density at radius 1 is 1.14 bits per heavy atom. The molecule has 3 rings (SSSR count). The normalized spacial score (nSPS) is 17.9. The monoisotopic (exact) mass is 321 g/mol. The highest BCUT2D eigenvalue weighted by Gasteiger charge is 2.32. The van der Waals surface area contributed by atoms with E-state index in [0.717, 1.165) is 17.7 Å². The van der Waals surface area contributed by atoms with Gasteiger partial charge in [-0.15, -0.1) is 0 Å². The van der Waals surface area contributed by atoms with Crippen LogP contribution in [0.1, 0.15) is 18.0 Å². The van der Waals surface area contributed by atoms with Gasteiger partial charge in [0.05, 0.1) is 17.5 Å². The molecule has 0 aromatic heterocycles. The van der Waals surface area contributed by atoms with E-state index in [1.807, 2.05) is 24.3 Å². The van der Waals surface area contributed by atoms with Gasteiger partial charge < -0.3 is 4.74 Å². The van der Waals surface area contributed by atoms with Crippen LogP contribution in [0.5, 0.6) is 5.75 Å². The minimum atomic E-state index is -3.69. The van der Waals surface area contributed by atoms with E-state index in [1.54, 1.807) is 7.05 Å².